The Morgan fingerprint density at radius 3 is 2.93 bits per heavy atom. The molecule has 0 fully saturated rings. The second-order valence-corrected chi connectivity index (χ2v) is 7.78. The Labute approximate surface area is 168 Å². The van der Waals surface area contributed by atoms with E-state index >= 15 is 0 Å². The summed E-state index contributed by atoms with van der Waals surface area (Å²) < 4.78 is 0. The molecule has 6 nitrogen and oxygen atoms in total. The van der Waals surface area contributed by atoms with Crippen LogP contribution in [0.3, 0.4) is 0 Å². The minimum Gasteiger partial charge on any atom is -0.396 e. The number of aromatic nitrogens is 3. The first kappa shape index (κ1) is 18.6. The first-order valence-corrected chi connectivity index (χ1v) is 10.3. The van der Waals surface area contributed by atoms with Gasteiger partial charge in [-0.1, -0.05) is 12.1 Å². The Balaban J connectivity index is 1.73. The number of hydrogen-bond acceptors (Lipinski definition) is 7. The summed E-state index contributed by atoms with van der Waals surface area (Å²) >= 11 is 1.64. The van der Waals surface area contributed by atoms with Crippen LogP contribution in [0, 0.1) is 6.92 Å². The van der Waals surface area contributed by atoms with Gasteiger partial charge in [0.15, 0.2) is 0 Å². The van der Waals surface area contributed by atoms with E-state index in [0.717, 1.165) is 63.3 Å². The Kier molecular flexibility index (Phi) is 5.34. The Morgan fingerprint density at radius 1 is 1.25 bits per heavy atom. The zero-order valence-electron chi connectivity index (χ0n) is 16.3. The zero-order chi connectivity index (χ0) is 19.5. The van der Waals surface area contributed by atoms with Crippen molar-refractivity contribution in [2.45, 2.75) is 26.7 Å². The van der Waals surface area contributed by atoms with E-state index in [9.17, 15) is 0 Å². The van der Waals surface area contributed by atoms with Gasteiger partial charge in [-0.05, 0) is 37.6 Å². The van der Waals surface area contributed by atoms with Gasteiger partial charge in [0.1, 0.15) is 23.0 Å². The van der Waals surface area contributed by atoms with Gasteiger partial charge in [-0.3, -0.25) is 4.98 Å². The van der Waals surface area contributed by atoms with Crippen LogP contribution >= 0.6 is 11.3 Å². The van der Waals surface area contributed by atoms with Crippen LogP contribution in [0.15, 0.2) is 41.8 Å². The SMILES string of the molecule is CCCO/N=C1\CCN(C)c2ccc(-c3sc(-c4cccnc4)nc3C)nc21. The molecule has 7 heteroatoms. The third-order valence-corrected chi connectivity index (χ3v) is 5.88. The lowest BCUT2D eigenvalue weighted by Gasteiger charge is -2.27. The second-order valence-electron chi connectivity index (χ2n) is 6.78. The number of rotatable bonds is 5. The van der Waals surface area contributed by atoms with Crippen molar-refractivity contribution in [3.05, 3.63) is 48.0 Å². The van der Waals surface area contributed by atoms with Crippen molar-refractivity contribution < 1.29 is 4.84 Å². The van der Waals surface area contributed by atoms with Crippen LogP contribution in [0.5, 0.6) is 0 Å². The van der Waals surface area contributed by atoms with Gasteiger partial charge in [-0.2, -0.15) is 0 Å². The maximum absolute atomic E-state index is 5.46. The molecule has 0 radical (unpaired) electrons. The molecule has 1 aliphatic rings. The van der Waals surface area contributed by atoms with Crippen molar-refractivity contribution in [1.29, 1.82) is 0 Å². The average Bonchev–Trinajstić information content (AvgIpc) is 3.12. The van der Waals surface area contributed by atoms with Crippen molar-refractivity contribution >= 4 is 22.7 Å². The van der Waals surface area contributed by atoms with E-state index in [1.54, 1.807) is 17.5 Å². The number of oxime groups is 1. The molecule has 3 aromatic heterocycles. The summed E-state index contributed by atoms with van der Waals surface area (Å²) in [5, 5.41) is 5.32. The molecule has 3 aromatic rings. The van der Waals surface area contributed by atoms with Crippen molar-refractivity contribution in [3.8, 4) is 21.1 Å². The topological polar surface area (TPSA) is 63.5 Å². The van der Waals surface area contributed by atoms with Crippen molar-refractivity contribution in [2.24, 2.45) is 5.16 Å². The molecule has 0 bridgehead atoms. The fraction of sp³-hybridized carbons (Fsp3) is 0.333. The van der Waals surface area contributed by atoms with Gasteiger partial charge < -0.3 is 9.74 Å². The van der Waals surface area contributed by atoms with Crippen molar-refractivity contribution in [1.82, 2.24) is 15.0 Å². The quantitative estimate of drug-likeness (QED) is 0.470. The van der Waals surface area contributed by atoms with Gasteiger partial charge in [0, 0.05) is 38.0 Å². The van der Waals surface area contributed by atoms with Crippen LogP contribution in [0.2, 0.25) is 0 Å². The van der Waals surface area contributed by atoms with Crippen molar-refractivity contribution in [2.75, 3.05) is 25.1 Å². The summed E-state index contributed by atoms with van der Waals surface area (Å²) in [6.45, 7) is 5.63. The number of hydrogen-bond donors (Lipinski definition) is 0. The van der Waals surface area contributed by atoms with Crippen LogP contribution in [0.1, 0.15) is 31.2 Å². The molecule has 0 saturated carbocycles. The molecule has 144 valence electrons. The van der Waals surface area contributed by atoms with Gasteiger partial charge in [0.05, 0.1) is 22.0 Å². The molecule has 0 amide bonds. The summed E-state index contributed by atoms with van der Waals surface area (Å²) in [6.07, 6.45) is 5.38. The van der Waals surface area contributed by atoms with Crippen molar-refractivity contribution in [3.63, 3.8) is 0 Å². The summed E-state index contributed by atoms with van der Waals surface area (Å²) in [6, 6.07) is 8.14. The van der Waals surface area contributed by atoms with Crippen LogP contribution in [-0.4, -0.2) is 40.9 Å². The first-order chi connectivity index (χ1) is 13.7. The molecule has 4 heterocycles. The number of anilines is 1. The molecule has 0 saturated heterocycles. The largest absolute Gasteiger partial charge is 0.396 e. The zero-order valence-corrected chi connectivity index (χ0v) is 17.2. The normalized spacial score (nSPS) is 15.0. The van der Waals surface area contributed by atoms with Crippen LogP contribution in [-0.2, 0) is 4.84 Å². The fourth-order valence-electron chi connectivity index (χ4n) is 3.16. The molecule has 0 atom stereocenters. The molecule has 0 N–H and O–H groups in total. The lowest BCUT2D eigenvalue weighted by atomic mass is 10.0. The number of thiazole rings is 1. The summed E-state index contributed by atoms with van der Waals surface area (Å²) in [5.41, 5.74) is 5.82. The van der Waals surface area contributed by atoms with E-state index in [1.807, 2.05) is 25.3 Å². The number of aryl methyl sites for hydroxylation is 1. The summed E-state index contributed by atoms with van der Waals surface area (Å²) in [5.74, 6) is 0. The third-order valence-electron chi connectivity index (χ3n) is 4.65. The number of pyridine rings is 2. The molecular weight excluding hydrogens is 370 g/mol. The maximum atomic E-state index is 5.46. The second kappa shape index (κ2) is 8.06. The Morgan fingerprint density at radius 2 is 2.14 bits per heavy atom. The maximum Gasteiger partial charge on any atom is 0.125 e. The predicted octanol–water partition coefficient (Wildman–Crippen LogP) is 4.55. The molecule has 4 rings (SSSR count). The van der Waals surface area contributed by atoms with Gasteiger partial charge >= 0.3 is 0 Å². The standard InChI is InChI=1S/C21H23N5OS/c1-4-12-27-25-16-9-11-26(3)18-8-7-17(24-19(16)18)20-14(2)23-21(28-20)15-6-5-10-22-13-15/h5-8,10,13H,4,9,11-12H2,1-3H3/b25-16+. The third kappa shape index (κ3) is 3.62. The van der Waals surface area contributed by atoms with Crippen LogP contribution in [0.25, 0.3) is 21.1 Å². The van der Waals surface area contributed by atoms with Crippen LogP contribution < -0.4 is 4.90 Å². The van der Waals surface area contributed by atoms with Crippen LogP contribution in [0.4, 0.5) is 5.69 Å². The first-order valence-electron chi connectivity index (χ1n) is 9.47. The Bertz CT molecular complexity index is 999. The Hall–Kier alpha value is -2.80. The molecule has 28 heavy (non-hydrogen) atoms. The monoisotopic (exact) mass is 393 g/mol. The average molecular weight is 394 g/mol. The number of fused-ring (bicyclic) bond motifs is 1. The minimum atomic E-state index is 0.622. The highest BCUT2D eigenvalue weighted by atomic mass is 32.1. The molecule has 1 aliphatic heterocycles. The molecular formula is C21H23N5OS. The van der Waals surface area contributed by atoms with Gasteiger partial charge in [-0.15, -0.1) is 11.3 Å². The smallest absolute Gasteiger partial charge is 0.125 e. The van der Waals surface area contributed by atoms with E-state index < -0.39 is 0 Å². The highest BCUT2D eigenvalue weighted by Crippen LogP contribution is 2.36. The van der Waals surface area contributed by atoms with E-state index in [-0.39, 0.29) is 0 Å². The molecule has 0 aliphatic carbocycles. The number of nitrogens with zero attached hydrogens (tertiary/aromatic N) is 5. The highest BCUT2D eigenvalue weighted by molar-refractivity contribution is 7.18. The lowest BCUT2D eigenvalue weighted by Crippen LogP contribution is -2.29. The highest BCUT2D eigenvalue weighted by Gasteiger charge is 2.23. The van der Waals surface area contributed by atoms with Gasteiger partial charge in [0.25, 0.3) is 0 Å². The predicted molar refractivity (Wildman–Crippen MR) is 114 cm³/mol. The lowest BCUT2D eigenvalue weighted by molar-refractivity contribution is 0.144. The molecule has 0 aromatic carbocycles. The molecule has 0 unspecified atom stereocenters. The van der Waals surface area contributed by atoms with E-state index in [4.69, 9.17) is 14.8 Å². The summed E-state index contributed by atoms with van der Waals surface area (Å²) in [7, 11) is 2.09. The van der Waals surface area contributed by atoms with E-state index in [2.05, 4.69) is 41.1 Å². The van der Waals surface area contributed by atoms with E-state index in [1.165, 1.54) is 0 Å². The van der Waals surface area contributed by atoms with E-state index in [0.29, 0.717) is 6.61 Å². The minimum absolute atomic E-state index is 0.622. The fourth-order valence-corrected chi connectivity index (χ4v) is 4.19. The van der Waals surface area contributed by atoms with Gasteiger partial charge in [0.2, 0.25) is 0 Å². The summed E-state index contributed by atoms with van der Waals surface area (Å²) in [4.78, 5) is 22.6. The molecule has 0 spiro atoms. The van der Waals surface area contributed by atoms with Gasteiger partial charge in [-0.25, -0.2) is 9.97 Å².